The second-order valence-electron chi connectivity index (χ2n) is 7.09. The molecule has 33 heavy (non-hydrogen) atoms. The highest BCUT2D eigenvalue weighted by Crippen LogP contribution is 2.25. The van der Waals surface area contributed by atoms with Crippen LogP contribution in [0.3, 0.4) is 0 Å². The van der Waals surface area contributed by atoms with Gasteiger partial charge in [-0.25, -0.2) is 4.79 Å². The van der Waals surface area contributed by atoms with E-state index in [9.17, 15) is 14.4 Å². The zero-order chi connectivity index (χ0) is 23.6. The molecular weight excluding hydrogens is 420 g/mol. The van der Waals surface area contributed by atoms with Crippen molar-refractivity contribution in [2.24, 2.45) is 0 Å². The third-order valence-electron chi connectivity index (χ3n) is 4.88. The van der Waals surface area contributed by atoms with Crippen molar-refractivity contribution in [2.75, 3.05) is 25.0 Å². The summed E-state index contributed by atoms with van der Waals surface area (Å²) in [4.78, 5) is 38.9. The molecule has 0 atom stereocenters. The SMILES string of the molecule is CCN(CC)C(=O)c1ccc(NC(=O)COC(=O)c2ccccc2Oc2ccccc2)cc1. The van der Waals surface area contributed by atoms with Crippen molar-refractivity contribution < 1.29 is 23.9 Å². The average molecular weight is 447 g/mol. The third kappa shape index (κ3) is 6.43. The Kier molecular flexibility index (Phi) is 8.18. The highest BCUT2D eigenvalue weighted by molar-refractivity contribution is 5.98. The molecule has 0 aliphatic heterocycles. The molecule has 0 aliphatic rings. The van der Waals surface area contributed by atoms with Crippen molar-refractivity contribution in [2.45, 2.75) is 13.8 Å². The van der Waals surface area contributed by atoms with Crippen molar-refractivity contribution in [1.29, 1.82) is 0 Å². The van der Waals surface area contributed by atoms with Crippen LogP contribution in [0.4, 0.5) is 5.69 Å². The Morgan fingerprint density at radius 3 is 2.12 bits per heavy atom. The van der Waals surface area contributed by atoms with Crippen molar-refractivity contribution in [3.05, 3.63) is 90.0 Å². The molecule has 170 valence electrons. The maximum Gasteiger partial charge on any atom is 0.342 e. The Labute approximate surface area is 192 Å². The van der Waals surface area contributed by atoms with Crippen LogP contribution in [-0.4, -0.2) is 42.4 Å². The van der Waals surface area contributed by atoms with Crippen molar-refractivity contribution in [3.8, 4) is 11.5 Å². The average Bonchev–Trinajstić information content (AvgIpc) is 2.84. The smallest absolute Gasteiger partial charge is 0.342 e. The monoisotopic (exact) mass is 446 g/mol. The van der Waals surface area contributed by atoms with Gasteiger partial charge in [-0.1, -0.05) is 30.3 Å². The molecule has 7 nitrogen and oxygen atoms in total. The topological polar surface area (TPSA) is 84.9 Å². The Morgan fingerprint density at radius 2 is 1.45 bits per heavy atom. The summed E-state index contributed by atoms with van der Waals surface area (Å²) in [7, 11) is 0. The molecule has 3 rings (SSSR count). The number of hydrogen-bond donors (Lipinski definition) is 1. The number of esters is 1. The minimum atomic E-state index is -0.670. The molecule has 2 amide bonds. The van der Waals surface area contributed by atoms with Gasteiger partial charge in [-0.15, -0.1) is 0 Å². The van der Waals surface area contributed by atoms with E-state index in [1.807, 2.05) is 32.0 Å². The number of nitrogens with one attached hydrogen (secondary N) is 1. The lowest BCUT2D eigenvalue weighted by molar-refractivity contribution is -0.119. The van der Waals surface area contributed by atoms with Crippen LogP contribution < -0.4 is 10.1 Å². The number of para-hydroxylation sites is 2. The zero-order valence-electron chi connectivity index (χ0n) is 18.6. The van der Waals surface area contributed by atoms with Gasteiger partial charge in [-0.3, -0.25) is 9.59 Å². The van der Waals surface area contributed by atoms with Crippen molar-refractivity contribution in [1.82, 2.24) is 4.90 Å². The van der Waals surface area contributed by atoms with E-state index in [-0.39, 0.29) is 11.5 Å². The first-order valence-corrected chi connectivity index (χ1v) is 10.7. The first-order valence-electron chi connectivity index (χ1n) is 10.7. The fourth-order valence-electron chi connectivity index (χ4n) is 3.14. The van der Waals surface area contributed by atoms with Crippen LogP contribution in [0.25, 0.3) is 0 Å². The number of ether oxygens (including phenoxy) is 2. The minimum absolute atomic E-state index is 0.0665. The second kappa shape index (κ2) is 11.5. The normalized spacial score (nSPS) is 10.2. The standard InChI is InChI=1S/C26H26N2O5/c1-3-28(4-2)25(30)19-14-16-20(17-15-19)27-24(29)18-32-26(31)22-12-8-9-13-23(22)33-21-10-6-5-7-11-21/h5-17H,3-4,18H2,1-2H3,(H,27,29). The predicted octanol–water partition coefficient (Wildman–Crippen LogP) is 4.76. The molecule has 7 heteroatoms. The van der Waals surface area contributed by atoms with Gasteiger partial charge < -0.3 is 19.7 Å². The molecular formula is C26H26N2O5. The molecule has 0 unspecified atom stereocenters. The lowest BCUT2D eigenvalue weighted by atomic mass is 10.1. The Balaban J connectivity index is 1.56. The number of nitrogens with zero attached hydrogens (tertiary/aromatic N) is 1. The maximum absolute atomic E-state index is 12.5. The Morgan fingerprint density at radius 1 is 0.818 bits per heavy atom. The summed E-state index contributed by atoms with van der Waals surface area (Å²) in [6.07, 6.45) is 0. The fourth-order valence-corrected chi connectivity index (χ4v) is 3.14. The number of amides is 2. The number of carbonyl (C=O) groups is 3. The van der Waals surface area contributed by atoms with Gasteiger partial charge in [0, 0.05) is 24.3 Å². The molecule has 0 saturated carbocycles. The first kappa shape index (κ1) is 23.5. The van der Waals surface area contributed by atoms with E-state index < -0.39 is 18.5 Å². The van der Waals surface area contributed by atoms with Gasteiger partial charge in [0.15, 0.2) is 6.61 Å². The van der Waals surface area contributed by atoms with E-state index in [1.165, 1.54) is 0 Å². The van der Waals surface area contributed by atoms with Gasteiger partial charge in [-0.05, 0) is 62.4 Å². The quantitative estimate of drug-likeness (QED) is 0.479. The molecule has 0 aromatic heterocycles. The van der Waals surface area contributed by atoms with E-state index in [0.29, 0.717) is 35.8 Å². The van der Waals surface area contributed by atoms with Crippen molar-refractivity contribution in [3.63, 3.8) is 0 Å². The summed E-state index contributed by atoms with van der Waals surface area (Å²) in [5.41, 5.74) is 1.26. The first-order chi connectivity index (χ1) is 16.0. The van der Waals surface area contributed by atoms with E-state index in [0.717, 1.165) is 0 Å². The molecule has 3 aromatic rings. The molecule has 0 spiro atoms. The van der Waals surface area contributed by atoms with E-state index in [1.54, 1.807) is 65.6 Å². The van der Waals surface area contributed by atoms with Gasteiger partial charge >= 0.3 is 5.97 Å². The zero-order valence-corrected chi connectivity index (χ0v) is 18.6. The molecule has 0 radical (unpaired) electrons. The van der Waals surface area contributed by atoms with E-state index in [2.05, 4.69) is 5.32 Å². The van der Waals surface area contributed by atoms with Crippen LogP contribution in [0.5, 0.6) is 11.5 Å². The predicted molar refractivity (Wildman–Crippen MR) is 126 cm³/mol. The summed E-state index contributed by atoms with van der Waals surface area (Å²) < 4.78 is 10.9. The molecule has 1 N–H and O–H groups in total. The third-order valence-corrected chi connectivity index (χ3v) is 4.88. The number of carbonyl (C=O) groups excluding carboxylic acids is 3. The molecule has 0 fully saturated rings. The van der Waals surface area contributed by atoms with Crippen LogP contribution in [0.2, 0.25) is 0 Å². The fraction of sp³-hybridized carbons (Fsp3) is 0.192. The van der Waals surface area contributed by atoms with Gasteiger partial charge in [0.25, 0.3) is 11.8 Å². The van der Waals surface area contributed by atoms with Gasteiger partial charge in [0.2, 0.25) is 0 Å². The number of benzene rings is 3. The number of hydrogen-bond acceptors (Lipinski definition) is 5. The highest BCUT2D eigenvalue weighted by atomic mass is 16.5. The highest BCUT2D eigenvalue weighted by Gasteiger charge is 2.16. The van der Waals surface area contributed by atoms with E-state index in [4.69, 9.17) is 9.47 Å². The summed E-state index contributed by atoms with van der Waals surface area (Å²) in [5.74, 6) is -0.311. The van der Waals surface area contributed by atoms with Crippen LogP contribution in [0.15, 0.2) is 78.9 Å². The van der Waals surface area contributed by atoms with E-state index >= 15 is 0 Å². The minimum Gasteiger partial charge on any atom is -0.456 e. The molecule has 0 saturated heterocycles. The van der Waals surface area contributed by atoms with Crippen LogP contribution in [0, 0.1) is 0 Å². The number of rotatable bonds is 9. The lowest BCUT2D eigenvalue weighted by Gasteiger charge is -2.18. The van der Waals surface area contributed by atoms with Gasteiger partial charge in [0.05, 0.1) is 0 Å². The Hall–Kier alpha value is -4.13. The second-order valence-corrected chi connectivity index (χ2v) is 7.09. The number of anilines is 1. The van der Waals surface area contributed by atoms with Crippen LogP contribution >= 0.6 is 0 Å². The van der Waals surface area contributed by atoms with Crippen LogP contribution in [0.1, 0.15) is 34.6 Å². The van der Waals surface area contributed by atoms with Crippen molar-refractivity contribution >= 4 is 23.5 Å². The summed E-state index contributed by atoms with van der Waals surface area (Å²) in [6.45, 7) is 4.63. The van der Waals surface area contributed by atoms with Gasteiger partial charge in [-0.2, -0.15) is 0 Å². The Bertz CT molecular complexity index is 1090. The van der Waals surface area contributed by atoms with Gasteiger partial charge in [0.1, 0.15) is 17.1 Å². The summed E-state index contributed by atoms with van der Waals surface area (Å²) >= 11 is 0. The van der Waals surface area contributed by atoms with Crippen LogP contribution in [-0.2, 0) is 9.53 Å². The molecule has 0 aliphatic carbocycles. The molecule has 0 heterocycles. The molecule has 0 bridgehead atoms. The largest absolute Gasteiger partial charge is 0.456 e. The maximum atomic E-state index is 12.5. The summed E-state index contributed by atoms with van der Waals surface area (Å²) in [6, 6.07) is 22.3. The molecule has 3 aromatic carbocycles. The summed E-state index contributed by atoms with van der Waals surface area (Å²) in [5, 5.41) is 2.65. The lowest BCUT2D eigenvalue weighted by Crippen LogP contribution is -2.30.